The molecule has 2 fully saturated rings. The molecule has 0 aromatic heterocycles. The summed E-state index contributed by atoms with van der Waals surface area (Å²) >= 11 is 0. The minimum absolute atomic E-state index is 0.379. The summed E-state index contributed by atoms with van der Waals surface area (Å²) in [6.45, 7) is 14.5. The van der Waals surface area contributed by atoms with Crippen LogP contribution < -0.4 is 5.73 Å². The number of piperazine rings is 1. The van der Waals surface area contributed by atoms with Gasteiger partial charge in [0.05, 0.1) is 0 Å². The van der Waals surface area contributed by atoms with Crippen molar-refractivity contribution in [1.29, 1.82) is 0 Å². The summed E-state index contributed by atoms with van der Waals surface area (Å²) < 4.78 is 0. The number of rotatable bonds is 2. The SMILES string of the molecule is CC1CN(CC2CCC(N)C(C)C2(C)C)CCN1C. The van der Waals surface area contributed by atoms with Gasteiger partial charge in [0.15, 0.2) is 0 Å². The second-order valence-corrected chi connectivity index (χ2v) is 7.64. The van der Waals surface area contributed by atoms with E-state index in [1.54, 1.807) is 0 Å². The van der Waals surface area contributed by atoms with Crippen molar-refractivity contribution in [2.45, 2.75) is 52.6 Å². The highest BCUT2D eigenvalue weighted by molar-refractivity contribution is 4.95. The fourth-order valence-electron chi connectivity index (χ4n) is 3.87. The lowest BCUT2D eigenvalue weighted by Gasteiger charge is -2.49. The van der Waals surface area contributed by atoms with Crippen LogP contribution in [0.25, 0.3) is 0 Å². The van der Waals surface area contributed by atoms with E-state index in [9.17, 15) is 0 Å². The van der Waals surface area contributed by atoms with E-state index in [4.69, 9.17) is 5.73 Å². The van der Waals surface area contributed by atoms with Gasteiger partial charge in [0.25, 0.3) is 0 Å². The smallest absolute Gasteiger partial charge is 0.0192 e. The number of nitrogens with zero attached hydrogens (tertiary/aromatic N) is 2. The third-order valence-electron chi connectivity index (χ3n) is 6.24. The van der Waals surface area contributed by atoms with Crippen LogP contribution in [0, 0.1) is 17.3 Å². The van der Waals surface area contributed by atoms with Crippen LogP contribution in [0.2, 0.25) is 0 Å². The van der Waals surface area contributed by atoms with Crippen molar-refractivity contribution in [2.24, 2.45) is 23.0 Å². The Morgan fingerprint density at radius 3 is 2.47 bits per heavy atom. The first-order chi connectivity index (χ1) is 8.82. The molecule has 1 saturated carbocycles. The second kappa shape index (κ2) is 5.71. The molecular weight excluding hydrogens is 234 g/mol. The fraction of sp³-hybridized carbons (Fsp3) is 1.00. The van der Waals surface area contributed by atoms with E-state index >= 15 is 0 Å². The lowest BCUT2D eigenvalue weighted by molar-refractivity contribution is 0.00997. The van der Waals surface area contributed by atoms with Gasteiger partial charge in [0.1, 0.15) is 0 Å². The zero-order valence-corrected chi connectivity index (χ0v) is 13.5. The van der Waals surface area contributed by atoms with Gasteiger partial charge in [-0.1, -0.05) is 20.8 Å². The Kier molecular flexibility index (Phi) is 4.59. The van der Waals surface area contributed by atoms with Crippen LogP contribution in [-0.2, 0) is 0 Å². The van der Waals surface area contributed by atoms with Crippen molar-refractivity contribution in [2.75, 3.05) is 33.2 Å². The predicted molar refractivity (Wildman–Crippen MR) is 82.2 cm³/mol. The van der Waals surface area contributed by atoms with Gasteiger partial charge < -0.3 is 15.5 Å². The predicted octanol–water partition coefficient (Wildman–Crippen LogP) is 2.02. The first kappa shape index (κ1) is 15.3. The molecule has 3 heteroatoms. The van der Waals surface area contributed by atoms with Gasteiger partial charge in [-0.3, -0.25) is 0 Å². The Labute approximate surface area is 119 Å². The third-order valence-corrected chi connectivity index (χ3v) is 6.24. The number of nitrogens with two attached hydrogens (primary N) is 1. The highest BCUT2D eigenvalue weighted by atomic mass is 15.3. The normalized spacial score (nSPS) is 41.4. The topological polar surface area (TPSA) is 32.5 Å². The van der Waals surface area contributed by atoms with E-state index in [2.05, 4.69) is 44.5 Å². The molecule has 0 aromatic carbocycles. The van der Waals surface area contributed by atoms with Crippen LogP contribution in [0.3, 0.4) is 0 Å². The summed E-state index contributed by atoms with van der Waals surface area (Å²) in [7, 11) is 2.24. The van der Waals surface area contributed by atoms with Gasteiger partial charge in [-0.25, -0.2) is 0 Å². The molecule has 0 bridgehead atoms. The largest absolute Gasteiger partial charge is 0.327 e. The maximum Gasteiger partial charge on any atom is 0.0192 e. The molecule has 3 nitrogen and oxygen atoms in total. The molecule has 0 spiro atoms. The summed E-state index contributed by atoms with van der Waals surface area (Å²) in [6, 6.07) is 1.10. The van der Waals surface area contributed by atoms with Crippen molar-refractivity contribution < 1.29 is 0 Å². The Morgan fingerprint density at radius 2 is 1.84 bits per heavy atom. The fourth-order valence-corrected chi connectivity index (χ4v) is 3.87. The molecule has 112 valence electrons. The average Bonchev–Trinajstić information content (AvgIpc) is 2.35. The van der Waals surface area contributed by atoms with Gasteiger partial charge in [-0.2, -0.15) is 0 Å². The Hall–Kier alpha value is -0.120. The monoisotopic (exact) mass is 267 g/mol. The second-order valence-electron chi connectivity index (χ2n) is 7.64. The van der Waals surface area contributed by atoms with Crippen LogP contribution in [0.1, 0.15) is 40.5 Å². The molecule has 2 N–H and O–H groups in total. The lowest BCUT2D eigenvalue weighted by Crippen LogP contribution is -2.54. The molecular formula is C16H33N3. The molecule has 0 amide bonds. The highest BCUT2D eigenvalue weighted by Gasteiger charge is 2.42. The molecule has 2 aliphatic rings. The molecule has 4 unspecified atom stereocenters. The Bertz CT molecular complexity index is 302. The lowest BCUT2D eigenvalue weighted by atomic mass is 9.61. The standard InChI is InChI=1S/C16H33N3/c1-12-10-19(9-8-18(12)5)11-14-6-7-15(17)13(2)16(14,3)4/h12-15H,6-11,17H2,1-5H3. The minimum atomic E-state index is 0.379. The van der Waals surface area contributed by atoms with Crippen LogP contribution >= 0.6 is 0 Å². The summed E-state index contributed by atoms with van der Waals surface area (Å²) in [4.78, 5) is 5.15. The van der Waals surface area contributed by atoms with Crippen LogP contribution in [0.5, 0.6) is 0 Å². The Balaban J connectivity index is 1.95. The maximum atomic E-state index is 6.27. The molecule has 1 heterocycles. The van der Waals surface area contributed by atoms with Crippen molar-refractivity contribution in [1.82, 2.24) is 9.80 Å². The van der Waals surface area contributed by atoms with Gasteiger partial charge in [0.2, 0.25) is 0 Å². The summed E-state index contributed by atoms with van der Waals surface area (Å²) in [5.41, 5.74) is 6.65. The first-order valence-electron chi connectivity index (χ1n) is 8.00. The van der Waals surface area contributed by atoms with E-state index < -0.39 is 0 Å². The summed E-state index contributed by atoms with van der Waals surface area (Å²) in [5, 5.41) is 0. The molecule has 0 aromatic rings. The van der Waals surface area contributed by atoms with Crippen molar-refractivity contribution >= 4 is 0 Å². The Morgan fingerprint density at radius 1 is 1.16 bits per heavy atom. The van der Waals surface area contributed by atoms with Crippen LogP contribution in [0.15, 0.2) is 0 Å². The van der Waals surface area contributed by atoms with Crippen molar-refractivity contribution in [3.8, 4) is 0 Å². The molecule has 4 atom stereocenters. The van der Waals surface area contributed by atoms with E-state index in [0.717, 1.165) is 5.92 Å². The third kappa shape index (κ3) is 3.14. The zero-order valence-electron chi connectivity index (χ0n) is 13.5. The van der Waals surface area contributed by atoms with Crippen molar-refractivity contribution in [3.05, 3.63) is 0 Å². The molecule has 1 aliphatic heterocycles. The molecule has 1 aliphatic carbocycles. The van der Waals surface area contributed by atoms with Crippen LogP contribution in [-0.4, -0.2) is 55.1 Å². The molecule has 1 saturated heterocycles. The maximum absolute atomic E-state index is 6.27. The van der Waals surface area contributed by atoms with Crippen LogP contribution in [0.4, 0.5) is 0 Å². The number of hydrogen-bond acceptors (Lipinski definition) is 3. The van der Waals surface area contributed by atoms with Gasteiger partial charge in [0, 0.05) is 38.3 Å². The van der Waals surface area contributed by atoms with E-state index in [-0.39, 0.29) is 0 Å². The quantitative estimate of drug-likeness (QED) is 0.831. The minimum Gasteiger partial charge on any atom is -0.327 e. The average molecular weight is 267 g/mol. The molecule has 0 radical (unpaired) electrons. The highest BCUT2D eigenvalue weighted by Crippen LogP contribution is 2.44. The van der Waals surface area contributed by atoms with E-state index in [1.807, 2.05) is 0 Å². The first-order valence-corrected chi connectivity index (χ1v) is 8.00. The van der Waals surface area contributed by atoms with Gasteiger partial charge in [-0.15, -0.1) is 0 Å². The van der Waals surface area contributed by atoms with Crippen molar-refractivity contribution in [3.63, 3.8) is 0 Å². The van der Waals surface area contributed by atoms with Gasteiger partial charge in [-0.05, 0) is 44.1 Å². The van der Waals surface area contributed by atoms with E-state index in [1.165, 1.54) is 39.0 Å². The summed E-state index contributed by atoms with van der Waals surface area (Å²) in [6.07, 6.45) is 2.51. The summed E-state index contributed by atoms with van der Waals surface area (Å²) in [5.74, 6) is 1.44. The zero-order chi connectivity index (χ0) is 14.2. The molecule has 19 heavy (non-hydrogen) atoms. The van der Waals surface area contributed by atoms with Gasteiger partial charge >= 0.3 is 0 Å². The number of likely N-dealkylation sites (N-methyl/N-ethyl adjacent to an activating group) is 1. The van der Waals surface area contributed by atoms with E-state index in [0.29, 0.717) is 23.4 Å². The number of hydrogen-bond donors (Lipinski definition) is 1. The molecule has 2 rings (SSSR count).